The molecule has 0 aliphatic carbocycles. The fraction of sp³-hybridized carbons (Fsp3) is 0.0526. The maximum atomic E-state index is 2.52. The van der Waals surface area contributed by atoms with Crippen molar-refractivity contribution in [2.24, 2.45) is 0 Å². The summed E-state index contributed by atoms with van der Waals surface area (Å²) in [5.74, 6) is 0. The van der Waals surface area contributed by atoms with Gasteiger partial charge in [-0.2, -0.15) is 0 Å². The molecule has 1 aliphatic heterocycles. The van der Waals surface area contributed by atoms with Crippen molar-refractivity contribution in [2.45, 2.75) is 18.5 Å². The third kappa shape index (κ3) is 5.47. The van der Waals surface area contributed by atoms with Crippen LogP contribution in [0.25, 0.3) is 38.6 Å². The number of hydrogen-bond donors (Lipinski definition) is 0. The molecule has 0 radical (unpaired) electrons. The SMILES string of the molecule is C[Si]1(C)c2ccccc2N(c2ccccc2-c2ccccc2)c2ccc(-n3c4ccccc4c4ccc(C(c5ccccc5)(c5ccccc5)c5ccccc5)cc43)cc21. The van der Waals surface area contributed by atoms with Gasteiger partial charge in [0.25, 0.3) is 0 Å². The highest BCUT2D eigenvalue weighted by molar-refractivity contribution is 7.02. The van der Waals surface area contributed by atoms with Crippen LogP contribution in [0.1, 0.15) is 22.3 Å². The minimum absolute atomic E-state index is 0.555. The number of rotatable bonds is 7. The van der Waals surface area contributed by atoms with Crippen LogP contribution in [-0.2, 0) is 5.41 Å². The molecule has 0 N–H and O–H groups in total. The Hall–Kier alpha value is -7.20. The quantitative estimate of drug-likeness (QED) is 0.115. The molecule has 0 saturated carbocycles. The first-order valence-electron chi connectivity index (χ1n) is 20.9. The Morgan fingerprint density at radius 1 is 0.367 bits per heavy atom. The summed E-state index contributed by atoms with van der Waals surface area (Å²) in [7, 11) is -2.21. The second-order valence-electron chi connectivity index (χ2n) is 16.5. The molecular formula is C57H44N2Si. The Morgan fingerprint density at radius 2 is 0.883 bits per heavy atom. The molecular weight excluding hydrogens is 741 g/mol. The van der Waals surface area contributed by atoms with E-state index in [1.165, 1.54) is 88.3 Å². The lowest BCUT2D eigenvalue weighted by Gasteiger charge is -2.42. The van der Waals surface area contributed by atoms with Gasteiger partial charge in [0.15, 0.2) is 0 Å². The Labute approximate surface area is 353 Å². The molecule has 2 heterocycles. The van der Waals surface area contributed by atoms with Gasteiger partial charge in [-0.05, 0) is 80.7 Å². The average Bonchev–Trinajstić information content (AvgIpc) is 3.65. The summed E-state index contributed by atoms with van der Waals surface area (Å²) >= 11 is 0. The number of aromatic nitrogens is 1. The minimum atomic E-state index is -2.21. The summed E-state index contributed by atoms with van der Waals surface area (Å²) in [4.78, 5) is 2.52. The Morgan fingerprint density at radius 3 is 1.55 bits per heavy atom. The van der Waals surface area contributed by atoms with Gasteiger partial charge in [-0.3, -0.25) is 0 Å². The molecule has 0 bridgehead atoms. The number of hydrogen-bond acceptors (Lipinski definition) is 1. The van der Waals surface area contributed by atoms with Gasteiger partial charge >= 0.3 is 0 Å². The normalized spacial score (nSPS) is 13.3. The molecule has 1 aliphatic rings. The average molecular weight is 785 g/mol. The molecule has 0 amide bonds. The van der Waals surface area contributed by atoms with Crippen LogP contribution in [0.3, 0.4) is 0 Å². The second kappa shape index (κ2) is 14.3. The highest BCUT2D eigenvalue weighted by Gasteiger charge is 2.41. The van der Waals surface area contributed by atoms with Crippen molar-refractivity contribution in [3.05, 3.63) is 253 Å². The van der Waals surface area contributed by atoms with Crippen LogP contribution in [-0.4, -0.2) is 12.6 Å². The molecule has 0 atom stereocenters. The van der Waals surface area contributed by atoms with Crippen LogP contribution in [0.4, 0.5) is 17.1 Å². The van der Waals surface area contributed by atoms with Gasteiger partial charge in [0, 0.05) is 33.4 Å². The Balaban J connectivity index is 1.18. The molecule has 1 aromatic heterocycles. The van der Waals surface area contributed by atoms with Crippen molar-refractivity contribution in [3.8, 4) is 16.8 Å². The third-order valence-electron chi connectivity index (χ3n) is 12.9. The molecule has 9 aromatic carbocycles. The van der Waals surface area contributed by atoms with E-state index in [0.29, 0.717) is 0 Å². The van der Waals surface area contributed by atoms with E-state index in [0.717, 1.165) is 0 Å². The number of benzene rings is 9. The van der Waals surface area contributed by atoms with Crippen molar-refractivity contribution in [3.63, 3.8) is 0 Å². The molecule has 3 heteroatoms. The molecule has 0 unspecified atom stereocenters. The summed E-state index contributed by atoms with van der Waals surface area (Å²) in [5.41, 5.74) is 14.1. The van der Waals surface area contributed by atoms with Crippen LogP contribution in [0.15, 0.2) is 231 Å². The lowest BCUT2D eigenvalue weighted by atomic mass is 9.65. The van der Waals surface area contributed by atoms with E-state index < -0.39 is 13.5 Å². The first-order chi connectivity index (χ1) is 29.5. The smallest absolute Gasteiger partial charge is 0.117 e. The van der Waals surface area contributed by atoms with Crippen molar-refractivity contribution in [2.75, 3.05) is 4.90 Å². The number of fused-ring (bicyclic) bond motifs is 5. The fourth-order valence-corrected chi connectivity index (χ4v) is 13.1. The lowest BCUT2D eigenvalue weighted by Crippen LogP contribution is -2.58. The van der Waals surface area contributed by atoms with Crippen molar-refractivity contribution >= 4 is 57.3 Å². The molecule has 2 nitrogen and oxygen atoms in total. The molecule has 60 heavy (non-hydrogen) atoms. The monoisotopic (exact) mass is 784 g/mol. The lowest BCUT2D eigenvalue weighted by molar-refractivity contribution is 0.746. The molecule has 0 saturated heterocycles. The maximum absolute atomic E-state index is 2.52. The zero-order chi connectivity index (χ0) is 40.3. The standard InChI is InChI=1S/C57H44N2Si/c1-60(2)55-34-20-19-33-52(55)59(50-31-17-15-29-47(50)41-21-7-3-8-22-41)53-38-36-46(40-56(53)60)58-51-32-18-16-30-48(51)49-37-35-45(39-54(49)58)57(42-23-9-4-10-24-42,43-25-11-5-12-26-43)44-27-13-6-14-28-44/h3-40H,1-2H3. The summed E-state index contributed by atoms with van der Waals surface area (Å²) in [6.07, 6.45) is 0. The van der Waals surface area contributed by atoms with Gasteiger partial charge in [-0.1, -0.05) is 201 Å². The third-order valence-corrected chi connectivity index (χ3v) is 16.4. The van der Waals surface area contributed by atoms with E-state index in [4.69, 9.17) is 0 Å². The van der Waals surface area contributed by atoms with Crippen LogP contribution >= 0.6 is 0 Å². The van der Waals surface area contributed by atoms with Crippen LogP contribution in [0, 0.1) is 0 Å². The topological polar surface area (TPSA) is 8.17 Å². The van der Waals surface area contributed by atoms with E-state index in [1.54, 1.807) is 0 Å². The Kier molecular flexibility index (Phi) is 8.54. The molecule has 0 fully saturated rings. The number of nitrogens with zero attached hydrogens (tertiary/aromatic N) is 2. The van der Waals surface area contributed by atoms with Gasteiger partial charge in [-0.15, -0.1) is 0 Å². The van der Waals surface area contributed by atoms with Gasteiger partial charge in [-0.25, -0.2) is 0 Å². The van der Waals surface area contributed by atoms with Gasteiger partial charge < -0.3 is 9.47 Å². The molecule has 11 rings (SSSR count). The van der Waals surface area contributed by atoms with E-state index in [9.17, 15) is 0 Å². The van der Waals surface area contributed by atoms with E-state index in [2.05, 4.69) is 253 Å². The number of para-hydroxylation sites is 3. The maximum Gasteiger partial charge on any atom is 0.117 e. The predicted molar refractivity (Wildman–Crippen MR) is 256 cm³/mol. The zero-order valence-electron chi connectivity index (χ0n) is 33.8. The first-order valence-corrected chi connectivity index (χ1v) is 23.9. The number of anilines is 3. The second-order valence-corrected chi connectivity index (χ2v) is 20.8. The first kappa shape index (κ1) is 35.9. The molecule has 286 valence electrons. The van der Waals surface area contributed by atoms with E-state index >= 15 is 0 Å². The fourth-order valence-electron chi connectivity index (χ4n) is 10.2. The highest BCUT2D eigenvalue weighted by atomic mass is 28.3. The molecule has 0 spiro atoms. The largest absolute Gasteiger partial charge is 0.310 e. The van der Waals surface area contributed by atoms with Crippen LogP contribution in [0.2, 0.25) is 13.1 Å². The summed E-state index contributed by atoms with van der Waals surface area (Å²) in [6.45, 7) is 5.04. The van der Waals surface area contributed by atoms with Gasteiger partial charge in [0.2, 0.25) is 0 Å². The zero-order valence-corrected chi connectivity index (χ0v) is 34.8. The van der Waals surface area contributed by atoms with Crippen molar-refractivity contribution in [1.29, 1.82) is 0 Å². The Bertz CT molecular complexity index is 3070. The van der Waals surface area contributed by atoms with E-state index in [1.807, 2.05) is 0 Å². The van der Waals surface area contributed by atoms with E-state index in [-0.39, 0.29) is 0 Å². The minimum Gasteiger partial charge on any atom is -0.310 e. The van der Waals surface area contributed by atoms with Gasteiger partial charge in [0.1, 0.15) is 8.07 Å². The van der Waals surface area contributed by atoms with Gasteiger partial charge in [0.05, 0.1) is 22.1 Å². The van der Waals surface area contributed by atoms with Crippen molar-refractivity contribution < 1.29 is 0 Å². The molecule has 10 aromatic rings. The van der Waals surface area contributed by atoms with Crippen molar-refractivity contribution in [1.82, 2.24) is 4.57 Å². The predicted octanol–water partition coefficient (Wildman–Crippen LogP) is 13.4. The van der Waals surface area contributed by atoms with Crippen LogP contribution < -0.4 is 15.3 Å². The highest BCUT2D eigenvalue weighted by Crippen LogP contribution is 2.48. The summed E-state index contributed by atoms with van der Waals surface area (Å²) in [6, 6.07) is 85.2. The van der Waals surface area contributed by atoms with Crippen LogP contribution in [0.5, 0.6) is 0 Å². The summed E-state index contributed by atoms with van der Waals surface area (Å²) in [5, 5.41) is 5.37. The summed E-state index contributed by atoms with van der Waals surface area (Å²) < 4.78 is 2.52.